The minimum Gasteiger partial charge on any atom is -0.396 e. The number of aliphatic hydroxyl groups is 1. The molecule has 72 valence electrons. The van der Waals surface area contributed by atoms with Gasteiger partial charge in [0.2, 0.25) is 0 Å². The zero-order chi connectivity index (χ0) is 9.39. The van der Waals surface area contributed by atoms with E-state index in [1.54, 1.807) is 11.1 Å². The van der Waals surface area contributed by atoms with Gasteiger partial charge in [0.15, 0.2) is 0 Å². The van der Waals surface area contributed by atoms with Crippen molar-refractivity contribution in [1.29, 1.82) is 0 Å². The average molecular weight is 186 g/mol. The normalized spacial score (nSPS) is 39.4. The molecule has 1 N–H and O–H groups in total. The quantitative estimate of drug-likeness (QED) is 0.713. The van der Waals surface area contributed by atoms with Crippen molar-refractivity contribution < 1.29 is 5.11 Å². The summed E-state index contributed by atoms with van der Waals surface area (Å²) in [5, 5.41) is 9.61. The van der Waals surface area contributed by atoms with Crippen molar-refractivity contribution in [3.8, 4) is 0 Å². The maximum Gasteiger partial charge on any atom is 0.0502 e. The highest BCUT2D eigenvalue weighted by Crippen LogP contribution is 2.82. The lowest BCUT2D eigenvalue weighted by Gasteiger charge is -2.21. The summed E-state index contributed by atoms with van der Waals surface area (Å²) in [5.74, 6) is 0.686. The highest BCUT2D eigenvalue weighted by Gasteiger charge is 2.76. The van der Waals surface area contributed by atoms with E-state index in [0.717, 1.165) is 0 Å². The summed E-state index contributed by atoms with van der Waals surface area (Å²) >= 11 is 0. The van der Waals surface area contributed by atoms with Crippen molar-refractivity contribution in [2.75, 3.05) is 6.61 Å². The first-order chi connectivity index (χ1) is 6.84. The van der Waals surface area contributed by atoms with E-state index in [9.17, 15) is 5.11 Å². The third kappa shape index (κ3) is 0.543. The molecule has 0 amide bonds. The maximum atomic E-state index is 9.61. The summed E-state index contributed by atoms with van der Waals surface area (Å²) < 4.78 is 0. The number of hydrogen-bond acceptors (Lipinski definition) is 1. The van der Waals surface area contributed by atoms with Crippen molar-refractivity contribution in [3.05, 3.63) is 35.4 Å². The van der Waals surface area contributed by atoms with E-state index in [4.69, 9.17) is 0 Å². The zero-order valence-electron chi connectivity index (χ0n) is 8.16. The standard InChI is InChI=1S/C13H14O/c14-8-13-7-11(13)9-3-1-2-4-10(9)12(13)5-6-12/h1-4,11,14H,5-8H2. The lowest BCUT2D eigenvalue weighted by atomic mass is 9.84. The van der Waals surface area contributed by atoms with E-state index in [0.29, 0.717) is 17.9 Å². The Balaban J connectivity index is 1.98. The van der Waals surface area contributed by atoms with Gasteiger partial charge in [-0.3, -0.25) is 0 Å². The molecule has 2 saturated carbocycles. The summed E-state index contributed by atoms with van der Waals surface area (Å²) in [4.78, 5) is 0. The lowest BCUT2D eigenvalue weighted by Crippen LogP contribution is -2.22. The fraction of sp³-hybridized carbons (Fsp3) is 0.538. The molecule has 4 rings (SSSR count). The predicted octanol–water partition coefficient (Wildman–Crippen LogP) is 2.20. The number of hydrogen-bond donors (Lipinski definition) is 1. The molecule has 0 heterocycles. The maximum absolute atomic E-state index is 9.61. The second kappa shape index (κ2) is 1.92. The van der Waals surface area contributed by atoms with Crippen LogP contribution < -0.4 is 0 Å². The molecule has 0 bridgehead atoms. The third-order valence-electron chi connectivity index (χ3n) is 4.91. The Bertz CT molecular complexity index is 419. The highest BCUT2D eigenvalue weighted by molar-refractivity contribution is 5.56. The molecule has 2 atom stereocenters. The van der Waals surface area contributed by atoms with E-state index >= 15 is 0 Å². The van der Waals surface area contributed by atoms with Crippen LogP contribution in [0.3, 0.4) is 0 Å². The van der Waals surface area contributed by atoms with Crippen LogP contribution in [-0.4, -0.2) is 11.7 Å². The first kappa shape index (κ1) is 7.47. The molecular weight excluding hydrogens is 172 g/mol. The van der Waals surface area contributed by atoms with Gasteiger partial charge in [0.25, 0.3) is 0 Å². The molecule has 1 aromatic carbocycles. The zero-order valence-corrected chi connectivity index (χ0v) is 8.16. The second-order valence-corrected chi connectivity index (χ2v) is 5.24. The minimum absolute atomic E-state index is 0.274. The lowest BCUT2D eigenvalue weighted by molar-refractivity contribution is 0.179. The predicted molar refractivity (Wildman–Crippen MR) is 54.2 cm³/mol. The summed E-state index contributed by atoms with van der Waals surface area (Å²) in [5.41, 5.74) is 3.78. The van der Waals surface area contributed by atoms with Gasteiger partial charge in [-0.05, 0) is 36.3 Å². The molecule has 0 aromatic heterocycles. The van der Waals surface area contributed by atoms with Crippen LogP contribution in [0.25, 0.3) is 0 Å². The van der Waals surface area contributed by atoms with E-state index in [2.05, 4.69) is 24.3 Å². The molecule has 0 radical (unpaired) electrons. The van der Waals surface area contributed by atoms with Gasteiger partial charge in [-0.15, -0.1) is 0 Å². The molecule has 1 heteroatoms. The molecule has 3 aliphatic carbocycles. The van der Waals surface area contributed by atoms with Crippen LogP contribution in [0.4, 0.5) is 0 Å². The molecule has 1 spiro atoms. The smallest absolute Gasteiger partial charge is 0.0502 e. The van der Waals surface area contributed by atoms with Crippen LogP contribution in [0.15, 0.2) is 24.3 Å². The van der Waals surface area contributed by atoms with Gasteiger partial charge in [-0.1, -0.05) is 24.3 Å². The topological polar surface area (TPSA) is 20.2 Å². The first-order valence-electron chi connectivity index (χ1n) is 5.54. The van der Waals surface area contributed by atoms with Crippen LogP contribution in [0.1, 0.15) is 36.3 Å². The van der Waals surface area contributed by atoms with Crippen molar-refractivity contribution in [3.63, 3.8) is 0 Å². The van der Waals surface area contributed by atoms with E-state index < -0.39 is 0 Å². The Labute approximate surface area is 83.8 Å². The van der Waals surface area contributed by atoms with E-state index in [1.165, 1.54) is 19.3 Å². The van der Waals surface area contributed by atoms with Crippen molar-refractivity contribution in [2.24, 2.45) is 5.41 Å². The minimum atomic E-state index is 0.274. The summed E-state index contributed by atoms with van der Waals surface area (Å²) in [6.45, 7) is 0.395. The fourth-order valence-corrected chi connectivity index (χ4v) is 3.97. The molecular formula is C13H14O. The van der Waals surface area contributed by atoms with E-state index in [1.807, 2.05) is 0 Å². The summed E-state index contributed by atoms with van der Waals surface area (Å²) in [6.07, 6.45) is 3.85. The molecule has 0 aliphatic heterocycles. The molecule has 0 saturated heterocycles. The number of benzene rings is 1. The van der Waals surface area contributed by atoms with Gasteiger partial charge in [0.1, 0.15) is 0 Å². The van der Waals surface area contributed by atoms with Gasteiger partial charge in [0, 0.05) is 10.8 Å². The van der Waals surface area contributed by atoms with Crippen LogP contribution in [0.2, 0.25) is 0 Å². The van der Waals surface area contributed by atoms with Gasteiger partial charge in [-0.2, -0.15) is 0 Å². The van der Waals surface area contributed by atoms with Crippen molar-refractivity contribution in [2.45, 2.75) is 30.6 Å². The Morgan fingerprint density at radius 1 is 1.29 bits per heavy atom. The van der Waals surface area contributed by atoms with Gasteiger partial charge < -0.3 is 5.11 Å². The van der Waals surface area contributed by atoms with Crippen LogP contribution in [0.5, 0.6) is 0 Å². The Kier molecular flexibility index (Phi) is 1.02. The van der Waals surface area contributed by atoms with Crippen LogP contribution in [-0.2, 0) is 5.41 Å². The Hall–Kier alpha value is -0.820. The van der Waals surface area contributed by atoms with Crippen molar-refractivity contribution >= 4 is 0 Å². The van der Waals surface area contributed by atoms with Gasteiger partial charge in [0.05, 0.1) is 6.61 Å². The largest absolute Gasteiger partial charge is 0.396 e. The summed E-state index contributed by atoms with van der Waals surface area (Å²) in [7, 11) is 0. The number of aliphatic hydroxyl groups excluding tert-OH is 1. The average Bonchev–Trinajstić information content (AvgIpc) is 3.10. The molecule has 1 nitrogen and oxygen atoms in total. The number of fused-ring (bicyclic) bond motifs is 5. The molecule has 1 aromatic rings. The van der Waals surface area contributed by atoms with Gasteiger partial charge in [-0.25, -0.2) is 0 Å². The number of rotatable bonds is 1. The molecule has 2 fully saturated rings. The molecule has 3 aliphatic rings. The third-order valence-corrected chi connectivity index (χ3v) is 4.91. The van der Waals surface area contributed by atoms with Gasteiger partial charge >= 0.3 is 0 Å². The fourth-order valence-electron chi connectivity index (χ4n) is 3.97. The summed E-state index contributed by atoms with van der Waals surface area (Å²) in [6, 6.07) is 8.84. The van der Waals surface area contributed by atoms with E-state index in [-0.39, 0.29) is 5.41 Å². The first-order valence-corrected chi connectivity index (χ1v) is 5.54. The monoisotopic (exact) mass is 186 g/mol. The van der Waals surface area contributed by atoms with Crippen LogP contribution >= 0.6 is 0 Å². The van der Waals surface area contributed by atoms with Crippen LogP contribution in [0, 0.1) is 5.41 Å². The Morgan fingerprint density at radius 3 is 2.79 bits per heavy atom. The molecule has 14 heavy (non-hydrogen) atoms. The molecule has 2 unspecified atom stereocenters. The van der Waals surface area contributed by atoms with Crippen molar-refractivity contribution in [1.82, 2.24) is 0 Å². The Morgan fingerprint density at radius 2 is 2.07 bits per heavy atom. The SMILES string of the molecule is OCC12CC1c1ccccc1C21CC1. The highest BCUT2D eigenvalue weighted by atomic mass is 16.3. The second-order valence-electron chi connectivity index (χ2n) is 5.24.